The van der Waals surface area contributed by atoms with Gasteiger partial charge in [-0.05, 0) is 25.1 Å². The smallest absolute Gasteiger partial charge is 0.344 e. The van der Waals surface area contributed by atoms with E-state index in [1.54, 1.807) is 31.2 Å². The van der Waals surface area contributed by atoms with Crippen molar-refractivity contribution in [2.24, 2.45) is 0 Å². The Balaban J connectivity index is 1.95. The number of aromatic amines is 1. The lowest BCUT2D eigenvalue weighted by molar-refractivity contribution is 0.0525. The maximum Gasteiger partial charge on any atom is 0.344 e. The number of carbonyl (C=O) groups is 1. The number of H-pyrrole nitrogens is 1. The Kier molecular flexibility index (Phi) is 3.61. The molecule has 0 fully saturated rings. The number of esters is 1. The summed E-state index contributed by atoms with van der Waals surface area (Å²) in [6.45, 7) is 1.89. The van der Waals surface area contributed by atoms with Gasteiger partial charge in [-0.1, -0.05) is 24.3 Å². The van der Waals surface area contributed by atoms with Crippen molar-refractivity contribution in [2.45, 2.75) is 6.92 Å². The average molecular weight is 377 g/mol. The normalized spacial score (nSPS) is 12.6. The molecule has 0 unspecified atom stereocenters. The zero-order valence-corrected chi connectivity index (χ0v) is 14.9. The highest BCUT2D eigenvalue weighted by atomic mass is 16.7. The molecule has 28 heavy (non-hydrogen) atoms. The van der Waals surface area contributed by atoms with Crippen LogP contribution in [0.2, 0.25) is 0 Å². The third kappa shape index (κ3) is 2.29. The minimum Gasteiger partial charge on any atom is -0.462 e. The minimum atomic E-state index is -0.724. The number of nitrogens with one attached hydrogen (secondary N) is 1. The standard InChI is InChI=1S/C21H15NO6/c1-2-25-21(24)16-15(12-7-5-9-14-18(12)27-10-26-14)19-17(22-20(16)23)11-6-3-4-8-13(11)28-19/h3-9H,2,10H2,1H3,(H,22,23). The van der Waals surface area contributed by atoms with Crippen molar-refractivity contribution in [1.82, 2.24) is 4.98 Å². The lowest BCUT2D eigenvalue weighted by Crippen LogP contribution is -2.21. The molecule has 2 aromatic carbocycles. The van der Waals surface area contributed by atoms with Crippen LogP contribution in [0.5, 0.6) is 11.5 Å². The topological polar surface area (TPSA) is 90.8 Å². The van der Waals surface area contributed by atoms with Crippen molar-refractivity contribution < 1.29 is 23.4 Å². The summed E-state index contributed by atoms with van der Waals surface area (Å²) in [5, 5.41) is 0.746. The zero-order chi connectivity index (χ0) is 19.3. The van der Waals surface area contributed by atoms with Gasteiger partial charge >= 0.3 is 5.97 Å². The van der Waals surface area contributed by atoms with Crippen molar-refractivity contribution >= 4 is 28.0 Å². The second-order valence-corrected chi connectivity index (χ2v) is 6.27. The highest BCUT2D eigenvalue weighted by Gasteiger charge is 2.29. The predicted molar refractivity (Wildman–Crippen MR) is 102 cm³/mol. The van der Waals surface area contributed by atoms with E-state index in [0.717, 1.165) is 5.39 Å². The number of carbonyl (C=O) groups excluding carboxylic acids is 1. The highest BCUT2D eigenvalue weighted by molar-refractivity contribution is 6.12. The zero-order valence-electron chi connectivity index (χ0n) is 14.9. The fraction of sp³-hybridized carbons (Fsp3) is 0.143. The average Bonchev–Trinajstić information content (AvgIpc) is 3.31. The van der Waals surface area contributed by atoms with E-state index in [0.29, 0.717) is 39.3 Å². The second-order valence-electron chi connectivity index (χ2n) is 6.27. The van der Waals surface area contributed by atoms with Crippen LogP contribution in [0.3, 0.4) is 0 Å². The molecule has 140 valence electrons. The van der Waals surface area contributed by atoms with Crippen LogP contribution in [0.25, 0.3) is 33.2 Å². The Morgan fingerprint density at radius 3 is 2.86 bits per heavy atom. The minimum absolute atomic E-state index is 0.0630. The number of rotatable bonds is 3. The molecule has 0 bridgehead atoms. The summed E-state index contributed by atoms with van der Waals surface area (Å²) in [5.74, 6) is 0.273. The van der Waals surface area contributed by atoms with Crippen LogP contribution < -0.4 is 15.0 Å². The van der Waals surface area contributed by atoms with Crippen molar-refractivity contribution in [1.29, 1.82) is 0 Å². The Bertz CT molecular complexity index is 1300. The van der Waals surface area contributed by atoms with E-state index in [-0.39, 0.29) is 19.0 Å². The van der Waals surface area contributed by atoms with Crippen LogP contribution in [-0.2, 0) is 4.74 Å². The van der Waals surface area contributed by atoms with Gasteiger partial charge in [0.1, 0.15) is 11.1 Å². The van der Waals surface area contributed by atoms with Crippen LogP contribution in [0.4, 0.5) is 0 Å². The molecule has 7 nitrogen and oxygen atoms in total. The van der Waals surface area contributed by atoms with E-state index < -0.39 is 11.5 Å². The molecule has 2 aromatic heterocycles. The molecule has 7 heteroatoms. The Hall–Kier alpha value is -3.74. The quantitative estimate of drug-likeness (QED) is 0.546. The van der Waals surface area contributed by atoms with Gasteiger partial charge < -0.3 is 23.6 Å². The molecule has 1 aliphatic heterocycles. The van der Waals surface area contributed by atoms with E-state index in [1.165, 1.54) is 0 Å². The van der Waals surface area contributed by atoms with E-state index >= 15 is 0 Å². The molecule has 0 spiro atoms. The number of benzene rings is 2. The van der Waals surface area contributed by atoms with Gasteiger partial charge in [-0.3, -0.25) is 4.79 Å². The van der Waals surface area contributed by atoms with Crippen LogP contribution in [0.15, 0.2) is 51.7 Å². The predicted octanol–water partition coefficient (Wildman–Crippen LogP) is 3.85. The summed E-state index contributed by atoms with van der Waals surface area (Å²) in [5.41, 5.74) is 1.68. The van der Waals surface area contributed by atoms with Gasteiger partial charge in [0.2, 0.25) is 6.79 Å². The SMILES string of the molecule is CCOC(=O)c1c(-c2cccc3c2OCO3)c2oc3ccccc3c2[nH]c1=O. The van der Waals surface area contributed by atoms with Crippen molar-refractivity contribution in [3.8, 4) is 22.6 Å². The molecule has 0 aliphatic carbocycles. The summed E-state index contributed by atoms with van der Waals surface area (Å²) < 4.78 is 22.3. The third-order valence-electron chi connectivity index (χ3n) is 4.68. The largest absolute Gasteiger partial charge is 0.462 e. The Morgan fingerprint density at radius 1 is 1.14 bits per heavy atom. The molecule has 5 rings (SSSR count). The lowest BCUT2D eigenvalue weighted by atomic mass is 9.98. The van der Waals surface area contributed by atoms with Gasteiger partial charge in [-0.15, -0.1) is 0 Å². The van der Waals surface area contributed by atoms with Gasteiger partial charge in [0, 0.05) is 10.9 Å². The Labute approximate surface area is 158 Å². The van der Waals surface area contributed by atoms with E-state index in [9.17, 15) is 9.59 Å². The van der Waals surface area contributed by atoms with E-state index in [1.807, 2.05) is 18.2 Å². The number of pyridine rings is 1. The number of para-hydroxylation sites is 2. The molecule has 0 saturated heterocycles. The number of ether oxygens (including phenoxy) is 3. The summed E-state index contributed by atoms with van der Waals surface area (Å²) in [7, 11) is 0. The first-order valence-electron chi connectivity index (χ1n) is 8.82. The van der Waals surface area contributed by atoms with Crippen LogP contribution >= 0.6 is 0 Å². The molecular weight excluding hydrogens is 362 g/mol. The molecular formula is C21H15NO6. The monoisotopic (exact) mass is 377 g/mol. The highest BCUT2D eigenvalue weighted by Crippen LogP contribution is 2.45. The van der Waals surface area contributed by atoms with Crippen molar-refractivity contribution in [2.75, 3.05) is 13.4 Å². The number of furan rings is 1. The molecule has 0 radical (unpaired) electrons. The first kappa shape index (κ1) is 16.4. The summed E-state index contributed by atoms with van der Waals surface area (Å²) >= 11 is 0. The number of hydrogen-bond donors (Lipinski definition) is 1. The number of aromatic nitrogens is 1. The number of fused-ring (bicyclic) bond motifs is 4. The van der Waals surface area contributed by atoms with Gasteiger partial charge in [0.25, 0.3) is 5.56 Å². The van der Waals surface area contributed by atoms with Gasteiger partial charge in [-0.2, -0.15) is 0 Å². The van der Waals surface area contributed by atoms with E-state index in [2.05, 4.69) is 4.98 Å². The van der Waals surface area contributed by atoms with Gasteiger partial charge in [0.15, 0.2) is 17.1 Å². The second kappa shape index (κ2) is 6.16. The first-order valence-corrected chi connectivity index (χ1v) is 8.82. The van der Waals surface area contributed by atoms with E-state index in [4.69, 9.17) is 18.6 Å². The molecule has 0 atom stereocenters. The fourth-order valence-corrected chi connectivity index (χ4v) is 3.53. The van der Waals surface area contributed by atoms with Crippen molar-refractivity contribution in [3.63, 3.8) is 0 Å². The summed E-state index contributed by atoms with van der Waals surface area (Å²) in [6.07, 6.45) is 0. The van der Waals surface area contributed by atoms with Crippen LogP contribution in [-0.4, -0.2) is 24.4 Å². The summed E-state index contributed by atoms with van der Waals surface area (Å²) in [4.78, 5) is 28.4. The maximum atomic E-state index is 12.9. The molecule has 1 aliphatic rings. The molecule has 3 heterocycles. The van der Waals surface area contributed by atoms with Crippen LogP contribution in [0.1, 0.15) is 17.3 Å². The molecule has 4 aromatic rings. The van der Waals surface area contributed by atoms with Gasteiger partial charge in [-0.25, -0.2) is 4.79 Å². The third-order valence-corrected chi connectivity index (χ3v) is 4.68. The lowest BCUT2D eigenvalue weighted by Gasteiger charge is -2.11. The number of hydrogen-bond acceptors (Lipinski definition) is 6. The molecule has 0 amide bonds. The maximum absolute atomic E-state index is 12.9. The fourth-order valence-electron chi connectivity index (χ4n) is 3.53. The van der Waals surface area contributed by atoms with Crippen molar-refractivity contribution in [3.05, 3.63) is 58.4 Å². The first-order chi connectivity index (χ1) is 13.7. The summed E-state index contributed by atoms with van der Waals surface area (Å²) in [6, 6.07) is 12.6. The Morgan fingerprint density at radius 2 is 2.00 bits per heavy atom. The molecule has 0 saturated carbocycles. The van der Waals surface area contributed by atoms with Crippen LogP contribution in [0, 0.1) is 0 Å². The molecule has 1 N–H and O–H groups in total. The van der Waals surface area contributed by atoms with Gasteiger partial charge in [0.05, 0.1) is 17.7 Å².